The zero-order valence-corrected chi connectivity index (χ0v) is 7.14. The van der Waals surface area contributed by atoms with Crippen molar-refractivity contribution in [2.75, 3.05) is 0 Å². The number of nitrogens with zero attached hydrogens (tertiary/aromatic N) is 1. The van der Waals surface area contributed by atoms with Gasteiger partial charge in [-0.2, -0.15) is 5.26 Å². The maximum absolute atomic E-state index is 9.33. The van der Waals surface area contributed by atoms with Gasteiger partial charge in [-0.1, -0.05) is 18.2 Å². The molecular formula is C10H11NO2. The molecule has 0 fully saturated rings. The molecule has 1 aromatic carbocycles. The first-order valence-corrected chi connectivity index (χ1v) is 4.08. The summed E-state index contributed by atoms with van der Waals surface area (Å²) < 4.78 is 0. The van der Waals surface area contributed by atoms with E-state index in [4.69, 9.17) is 10.4 Å². The Morgan fingerprint density at radius 1 is 1.38 bits per heavy atom. The molecule has 3 heteroatoms. The fourth-order valence-corrected chi connectivity index (χ4v) is 1.08. The number of benzene rings is 1. The molecule has 0 saturated carbocycles. The summed E-state index contributed by atoms with van der Waals surface area (Å²) in [6.45, 7) is 0. The maximum atomic E-state index is 9.33. The third-order valence-electron chi connectivity index (χ3n) is 1.83. The van der Waals surface area contributed by atoms with E-state index in [-0.39, 0.29) is 5.75 Å². The third-order valence-corrected chi connectivity index (χ3v) is 1.83. The molecule has 1 unspecified atom stereocenters. The quantitative estimate of drug-likeness (QED) is 0.682. The molecule has 0 heterocycles. The van der Waals surface area contributed by atoms with Gasteiger partial charge in [0.25, 0.3) is 0 Å². The molecule has 0 amide bonds. The van der Waals surface area contributed by atoms with Gasteiger partial charge < -0.3 is 10.2 Å². The maximum Gasteiger partial charge on any atom is 0.140 e. The van der Waals surface area contributed by atoms with Crippen molar-refractivity contribution in [3.05, 3.63) is 29.8 Å². The van der Waals surface area contributed by atoms with E-state index in [1.807, 2.05) is 6.07 Å². The van der Waals surface area contributed by atoms with Crippen molar-refractivity contribution in [3.8, 4) is 11.8 Å². The molecule has 2 N–H and O–H groups in total. The van der Waals surface area contributed by atoms with Crippen molar-refractivity contribution >= 4 is 0 Å². The summed E-state index contributed by atoms with van der Waals surface area (Å²) in [5.41, 5.74) is 0.761. The highest BCUT2D eigenvalue weighted by Crippen LogP contribution is 2.17. The van der Waals surface area contributed by atoms with Crippen LogP contribution in [-0.4, -0.2) is 16.3 Å². The first-order chi connectivity index (χ1) is 6.24. The minimum Gasteiger partial charge on any atom is -0.508 e. The van der Waals surface area contributed by atoms with Crippen LogP contribution in [0, 0.1) is 11.3 Å². The topological polar surface area (TPSA) is 64.2 Å². The Kier molecular flexibility index (Phi) is 3.30. The predicted molar refractivity (Wildman–Crippen MR) is 48.0 cm³/mol. The number of hydrogen-bond donors (Lipinski definition) is 2. The number of phenolic OH excluding ortho intramolecular Hbond substituents is 1. The Hall–Kier alpha value is -1.53. The van der Waals surface area contributed by atoms with E-state index in [9.17, 15) is 5.11 Å². The summed E-state index contributed by atoms with van der Waals surface area (Å²) in [6.07, 6.45) is -0.0743. The van der Waals surface area contributed by atoms with E-state index in [1.54, 1.807) is 24.3 Å². The van der Waals surface area contributed by atoms with Crippen molar-refractivity contribution in [1.29, 1.82) is 5.26 Å². The Labute approximate surface area is 76.9 Å². The molecular weight excluding hydrogens is 166 g/mol. The van der Waals surface area contributed by atoms with Crippen LogP contribution in [0.4, 0.5) is 0 Å². The van der Waals surface area contributed by atoms with Gasteiger partial charge in [-0.3, -0.25) is 0 Å². The van der Waals surface area contributed by atoms with Gasteiger partial charge in [0.05, 0.1) is 6.07 Å². The number of para-hydroxylation sites is 1. The molecule has 13 heavy (non-hydrogen) atoms. The molecule has 1 aromatic rings. The molecule has 0 aliphatic rings. The number of phenols is 1. The molecule has 0 aliphatic heterocycles. The van der Waals surface area contributed by atoms with Gasteiger partial charge in [0.2, 0.25) is 0 Å². The van der Waals surface area contributed by atoms with Crippen LogP contribution in [0.2, 0.25) is 0 Å². The molecule has 68 valence electrons. The fourth-order valence-electron chi connectivity index (χ4n) is 1.08. The second-order valence-corrected chi connectivity index (χ2v) is 2.81. The van der Waals surface area contributed by atoms with Crippen molar-refractivity contribution < 1.29 is 10.2 Å². The molecule has 0 spiro atoms. The minimum absolute atomic E-state index is 0.215. The van der Waals surface area contributed by atoms with Crippen molar-refractivity contribution in [2.24, 2.45) is 0 Å². The number of hydrogen-bond acceptors (Lipinski definition) is 3. The van der Waals surface area contributed by atoms with Crippen LogP contribution in [0.5, 0.6) is 5.75 Å². The SMILES string of the molecule is N#CC(O)CCc1ccccc1O. The lowest BCUT2D eigenvalue weighted by Crippen LogP contribution is -2.03. The molecule has 0 radical (unpaired) electrons. The summed E-state index contributed by atoms with van der Waals surface area (Å²) in [6, 6.07) is 8.65. The van der Waals surface area contributed by atoms with E-state index >= 15 is 0 Å². The number of nitriles is 1. The van der Waals surface area contributed by atoms with Gasteiger partial charge in [-0.05, 0) is 24.5 Å². The molecule has 0 aliphatic carbocycles. The van der Waals surface area contributed by atoms with Crippen LogP contribution in [-0.2, 0) is 6.42 Å². The highest BCUT2D eigenvalue weighted by Gasteiger charge is 2.04. The normalized spacial score (nSPS) is 12.0. The van der Waals surface area contributed by atoms with Crippen LogP contribution < -0.4 is 0 Å². The predicted octanol–water partition coefficient (Wildman–Crippen LogP) is 1.21. The number of aromatic hydroxyl groups is 1. The summed E-state index contributed by atoms with van der Waals surface area (Å²) in [4.78, 5) is 0. The fraction of sp³-hybridized carbons (Fsp3) is 0.300. The van der Waals surface area contributed by atoms with Crippen LogP contribution in [0.25, 0.3) is 0 Å². The Balaban J connectivity index is 2.56. The second kappa shape index (κ2) is 4.48. The minimum atomic E-state index is -0.945. The molecule has 3 nitrogen and oxygen atoms in total. The van der Waals surface area contributed by atoms with E-state index in [0.29, 0.717) is 12.8 Å². The zero-order chi connectivity index (χ0) is 9.68. The van der Waals surface area contributed by atoms with Crippen LogP contribution in [0.1, 0.15) is 12.0 Å². The van der Waals surface area contributed by atoms with Gasteiger partial charge in [0.1, 0.15) is 11.9 Å². The third kappa shape index (κ3) is 2.77. The van der Waals surface area contributed by atoms with E-state index < -0.39 is 6.10 Å². The smallest absolute Gasteiger partial charge is 0.140 e. The summed E-state index contributed by atoms with van der Waals surface area (Å²) in [7, 11) is 0. The first-order valence-electron chi connectivity index (χ1n) is 4.08. The summed E-state index contributed by atoms with van der Waals surface area (Å²) in [5.74, 6) is 0.215. The lowest BCUT2D eigenvalue weighted by molar-refractivity contribution is 0.219. The highest BCUT2D eigenvalue weighted by atomic mass is 16.3. The first kappa shape index (κ1) is 9.56. The lowest BCUT2D eigenvalue weighted by atomic mass is 10.1. The summed E-state index contributed by atoms with van der Waals surface area (Å²) in [5, 5.41) is 26.6. The van der Waals surface area contributed by atoms with Crippen molar-refractivity contribution in [2.45, 2.75) is 18.9 Å². The number of aliphatic hydroxyl groups excluding tert-OH is 1. The molecule has 0 saturated heterocycles. The van der Waals surface area contributed by atoms with E-state index in [2.05, 4.69) is 0 Å². The van der Waals surface area contributed by atoms with Gasteiger partial charge >= 0.3 is 0 Å². The van der Waals surface area contributed by atoms with Gasteiger partial charge in [0.15, 0.2) is 0 Å². The van der Waals surface area contributed by atoms with E-state index in [0.717, 1.165) is 5.56 Å². The standard InChI is InChI=1S/C10H11NO2/c11-7-9(12)6-5-8-3-1-2-4-10(8)13/h1-4,9,12-13H,5-6H2. The van der Waals surface area contributed by atoms with Crippen LogP contribution in [0.15, 0.2) is 24.3 Å². The molecule has 1 atom stereocenters. The average Bonchev–Trinajstić information content (AvgIpc) is 2.16. The monoisotopic (exact) mass is 177 g/mol. The van der Waals surface area contributed by atoms with Crippen molar-refractivity contribution in [1.82, 2.24) is 0 Å². The lowest BCUT2D eigenvalue weighted by Gasteiger charge is -2.03. The highest BCUT2D eigenvalue weighted by molar-refractivity contribution is 5.31. The summed E-state index contributed by atoms with van der Waals surface area (Å²) >= 11 is 0. The molecule has 1 rings (SSSR count). The van der Waals surface area contributed by atoms with E-state index in [1.165, 1.54) is 0 Å². The Morgan fingerprint density at radius 3 is 2.69 bits per heavy atom. The molecule has 0 aromatic heterocycles. The number of rotatable bonds is 3. The Bertz CT molecular complexity index is 317. The van der Waals surface area contributed by atoms with Crippen molar-refractivity contribution in [3.63, 3.8) is 0 Å². The van der Waals surface area contributed by atoms with Crippen LogP contribution in [0.3, 0.4) is 0 Å². The van der Waals surface area contributed by atoms with Gasteiger partial charge in [-0.15, -0.1) is 0 Å². The zero-order valence-electron chi connectivity index (χ0n) is 7.14. The van der Waals surface area contributed by atoms with Gasteiger partial charge in [-0.25, -0.2) is 0 Å². The number of aliphatic hydroxyl groups is 1. The van der Waals surface area contributed by atoms with Gasteiger partial charge in [0, 0.05) is 0 Å². The molecule has 0 bridgehead atoms. The largest absolute Gasteiger partial charge is 0.508 e. The Morgan fingerprint density at radius 2 is 2.08 bits per heavy atom. The average molecular weight is 177 g/mol. The number of aryl methyl sites for hydroxylation is 1. The second-order valence-electron chi connectivity index (χ2n) is 2.81. The van der Waals surface area contributed by atoms with Crippen LogP contribution >= 0.6 is 0 Å².